The van der Waals surface area contributed by atoms with E-state index in [0.29, 0.717) is 45.8 Å². The van der Waals surface area contributed by atoms with E-state index in [1.54, 1.807) is 19.9 Å². The molecule has 0 spiro atoms. The van der Waals surface area contributed by atoms with Gasteiger partial charge in [-0.15, -0.1) is 0 Å². The summed E-state index contributed by atoms with van der Waals surface area (Å²) in [5.74, 6) is -1.15. The molecule has 2 aromatic rings. The lowest BCUT2D eigenvalue weighted by Gasteiger charge is -2.12. The fourth-order valence-corrected chi connectivity index (χ4v) is 3.60. The summed E-state index contributed by atoms with van der Waals surface area (Å²) in [6.45, 7) is 5.27. The van der Waals surface area contributed by atoms with Crippen LogP contribution in [0.15, 0.2) is 18.2 Å². The van der Waals surface area contributed by atoms with Crippen molar-refractivity contribution in [3.05, 3.63) is 52.1 Å². The van der Waals surface area contributed by atoms with Gasteiger partial charge in [0.1, 0.15) is 11.9 Å². The molecule has 2 amide bonds. The number of rotatable bonds is 7. The first-order chi connectivity index (χ1) is 14.2. The number of aryl methyl sites for hydroxylation is 1. The Labute approximate surface area is 173 Å². The molecule has 1 aliphatic heterocycles. The van der Waals surface area contributed by atoms with Crippen molar-refractivity contribution in [2.75, 3.05) is 19.0 Å². The summed E-state index contributed by atoms with van der Waals surface area (Å²) in [5, 5.41) is 5.50. The number of aromatic amines is 1. The summed E-state index contributed by atoms with van der Waals surface area (Å²) < 4.78 is 18.7. The number of anilines is 1. The molecule has 3 N–H and O–H groups in total. The zero-order chi connectivity index (χ0) is 22.0. The Bertz CT molecular complexity index is 1050. The number of nitrogens with one attached hydrogen (secondary N) is 3. The Hall–Kier alpha value is -3.26. The maximum Gasteiger partial charge on any atom is 0.256 e. The number of amides is 2. The number of ketones is 1. The van der Waals surface area contributed by atoms with E-state index in [1.165, 1.54) is 32.2 Å². The summed E-state index contributed by atoms with van der Waals surface area (Å²) >= 11 is 0. The first kappa shape index (κ1) is 21.4. The molecule has 0 fully saturated rings. The summed E-state index contributed by atoms with van der Waals surface area (Å²) in [7, 11) is 1.46. The van der Waals surface area contributed by atoms with Gasteiger partial charge in [0.15, 0.2) is 5.78 Å². The molecule has 30 heavy (non-hydrogen) atoms. The summed E-state index contributed by atoms with van der Waals surface area (Å²) in [6, 6.07) is 4.11. The molecule has 0 radical (unpaired) electrons. The van der Waals surface area contributed by atoms with Crippen molar-refractivity contribution in [1.82, 2.24) is 10.3 Å². The highest BCUT2D eigenvalue weighted by Crippen LogP contribution is 2.34. The standard InChI is InChI=1S/C22H24FN3O4/c1-11-18(10-16-15-9-14(23)5-6-17(15)26-21(16)28)25-12(2)20(11)22(29)24-8-7-19(30-4)13(3)27/h5-6,9-10,19,25H,7-8H2,1-4H3,(H,24,29)(H,26,28)/b16-10-/t19-/m0/s1. The lowest BCUT2D eigenvalue weighted by atomic mass is 10.0. The highest BCUT2D eigenvalue weighted by atomic mass is 19.1. The number of halogens is 1. The number of ether oxygens (including phenoxy) is 1. The van der Waals surface area contributed by atoms with Crippen LogP contribution < -0.4 is 10.6 Å². The maximum atomic E-state index is 13.6. The molecule has 0 saturated heterocycles. The Morgan fingerprint density at radius 1 is 1.30 bits per heavy atom. The fraction of sp³-hybridized carbons (Fsp3) is 0.318. The lowest BCUT2D eigenvalue weighted by Crippen LogP contribution is -2.30. The summed E-state index contributed by atoms with van der Waals surface area (Å²) in [4.78, 5) is 39.6. The third kappa shape index (κ3) is 4.18. The number of fused-ring (bicyclic) bond motifs is 1. The fourth-order valence-electron chi connectivity index (χ4n) is 3.60. The van der Waals surface area contributed by atoms with Gasteiger partial charge in [-0.3, -0.25) is 14.4 Å². The van der Waals surface area contributed by atoms with Crippen LogP contribution in [0.4, 0.5) is 10.1 Å². The van der Waals surface area contributed by atoms with Gasteiger partial charge in [-0.05, 0) is 57.0 Å². The van der Waals surface area contributed by atoms with Crippen LogP contribution in [-0.2, 0) is 14.3 Å². The van der Waals surface area contributed by atoms with E-state index in [9.17, 15) is 18.8 Å². The Morgan fingerprint density at radius 3 is 2.70 bits per heavy atom. The molecule has 1 aromatic carbocycles. The number of hydrogen-bond acceptors (Lipinski definition) is 4. The second-order valence-electron chi connectivity index (χ2n) is 7.25. The van der Waals surface area contributed by atoms with Crippen LogP contribution in [-0.4, -0.2) is 42.3 Å². The van der Waals surface area contributed by atoms with Crippen molar-refractivity contribution in [2.45, 2.75) is 33.3 Å². The minimum Gasteiger partial charge on any atom is -0.374 e. The van der Waals surface area contributed by atoms with Crippen molar-refractivity contribution >= 4 is 34.9 Å². The average Bonchev–Trinajstić information content (AvgIpc) is 3.14. The molecular weight excluding hydrogens is 389 g/mol. The molecule has 158 valence electrons. The molecule has 2 heterocycles. The van der Waals surface area contributed by atoms with Crippen molar-refractivity contribution in [2.24, 2.45) is 0 Å². The molecule has 0 unspecified atom stereocenters. The zero-order valence-electron chi connectivity index (χ0n) is 17.3. The van der Waals surface area contributed by atoms with Crippen LogP contribution in [0.1, 0.15) is 46.2 Å². The van der Waals surface area contributed by atoms with Crippen LogP contribution in [0, 0.1) is 19.7 Å². The molecule has 7 nitrogen and oxygen atoms in total. The normalized spacial score (nSPS) is 15.1. The van der Waals surface area contributed by atoms with E-state index in [0.717, 1.165) is 0 Å². The van der Waals surface area contributed by atoms with Gasteiger partial charge in [-0.1, -0.05) is 0 Å². The number of Topliss-reactive ketones (excluding diaryl/α,β-unsaturated/α-hetero) is 1. The zero-order valence-corrected chi connectivity index (χ0v) is 17.3. The molecule has 0 bridgehead atoms. The quantitative estimate of drug-likeness (QED) is 0.608. The Kier molecular flexibility index (Phi) is 6.17. The predicted octanol–water partition coefficient (Wildman–Crippen LogP) is 2.99. The van der Waals surface area contributed by atoms with Gasteiger partial charge >= 0.3 is 0 Å². The third-order valence-corrected chi connectivity index (χ3v) is 5.19. The van der Waals surface area contributed by atoms with Gasteiger partial charge in [0.25, 0.3) is 11.8 Å². The van der Waals surface area contributed by atoms with Crippen LogP contribution in [0.3, 0.4) is 0 Å². The monoisotopic (exact) mass is 413 g/mol. The van der Waals surface area contributed by atoms with Gasteiger partial charge in [-0.2, -0.15) is 0 Å². The Morgan fingerprint density at radius 2 is 2.03 bits per heavy atom. The molecule has 1 aliphatic rings. The van der Waals surface area contributed by atoms with Gasteiger partial charge in [0, 0.05) is 36.3 Å². The lowest BCUT2D eigenvalue weighted by molar-refractivity contribution is -0.126. The van der Waals surface area contributed by atoms with E-state index >= 15 is 0 Å². The second kappa shape index (κ2) is 8.62. The van der Waals surface area contributed by atoms with Gasteiger partial charge in [0.2, 0.25) is 0 Å². The van der Waals surface area contributed by atoms with E-state index in [4.69, 9.17) is 4.74 Å². The predicted molar refractivity (Wildman–Crippen MR) is 112 cm³/mol. The molecule has 8 heteroatoms. The number of carbonyl (C=O) groups excluding carboxylic acids is 3. The minimum atomic E-state index is -0.555. The number of H-pyrrole nitrogens is 1. The molecule has 3 rings (SSSR count). The number of aromatic nitrogens is 1. The molecule has 0 aliphatic carbocycles. The van der Waals surface area contributed by atoms with Crippen LogP contribution in [0.25, 0.3) is 11.6 Å². The van der Waals surface area contributed by atoms with E-state index in [2.05, 4.69) is 15.6 Å². The molecule has 1 aromatic heterocycles. The number of carbonyl (C=O) groups is 3. The van der Waals surface area contributed by atoms with Gasteiger partial charge in [-0.25, -0.2) is 4.39 Å². The first-order valence-corrected chi connectivity index (χ1v) is 9.56. The summed E-state index contributed by atoms with van der Waals surface area (Å²) in [6.07, 6.45) is 1.44. The summed E-state index contributed by atoms with van der Waals surface area (Å²) in [5.41, 5.74) is 3.73. The number of hydrogen-bond donors (Lipinski definition) is 3. The minimum absolute atomic E-state index is 0.0961. The molecular formula is C22H24FN3O4. The first-order valence-electron chi connectivity index (χ1n) is 9.56. The smallest absolute Gasteiger partial charge is 0.256 e. The van der Waals surface area contributed by atoms with Crippen molar-refractivity contribution < 1.29 is 23.5 Å². The third-order valence-electron chi connectivity index (χ3n) is 5.19. The van der Waals surface area contributed by atoms with E-state index < -0.39 is 11.9 Å². The van der Waals surface area contributed by atoms with Crippen LogP contribution in [0.2, 0.25) is 0 Å². The van der Waals surface area contributed by atoms with E-state index in [1.807, 2.05) is 0 Å². The number of benzene rings is 1. The topological polar surface area (TPSA) is 100 Å². The van der Waals surface area contributed by atoms with Crippen LogP contribution in [0.5, 0.6) is 0 Å². The van der Waals surface area contributed by atoms with Crippen molar-refractivity contribution in [3.63, 3.8) is 0 Å². The van der Waals surface area contributed by atoms with Crippen molar-refractivity contribution in [1.29, 1.82) is 0 Å². The van der Waals surface area contributed by atoms with Gasteiger partial charge < -0.3 is 20.4 Å². The highest BCUT2D eigenvalue weighted by Gasteiger charge is 2.26. The van der Waals surface area contributed by atoms with E-state index in [-0.39, 0.29) is 24.1 Å². The second-order valence-corrected chi connectivity index (χ2v) is 7.25. The molecule has 1 atom stereocenters. The molecule has 0 saturated carbocycles. The maximum absolute atomic E-state index is 13.6. The van der Waals surface area contributed by atoms with Crippen LogP contribution >= 0.6 is 0 Å². The average molecular weight is 413 g/mol. The SMILES string of the molecule is CO[C@@H](CCNC(=O)c1c(C)[nH]c(/C=C2\C(=O)Nc3ccc(F)cc32)c1C)C(C)=O. The Balaban J connectivity index is 1.82. The van der Waals surface area contributed by atoms with Gasteiger partial charge in [0.05, 0.1) is 11.1 Å². The number of methoxy groups -OCH3 is 1. The largest absolute Gasteiger partial charge is 0.374 e. The highest BCUT2D eigenvalue weighted by molar-refractivity contribution is 6.34. The van der Waals surface area contributed by atoms with Crippen molar-refractivity contribution in [3.8, 4) is 0 Å².